The van der Waals surface area contributed by atoms with Crippen molar-refractivity contribution in [1.82, 2.24) is 5.32 Å². The number of carbonyl (C=O) groups excluding carboxylic acids is 1. The largest absolute Gasteiger partial charge is 0.388 e. The van der Waals surface area contributed by atoms with E-state index in [1.807, 2.05) is 0 Å². The topological polar surface area (TPSA) is 49.3 Å². The highest BCUT2D eigenvalue weighted by atomic mass is 79.9. The van der Waals surface area contributed by atoms with Crippen LogP contribution in [0, 0.1) is 0 Å². The van der Waals surface area contributed by atoms with Gasteiger partial charge in [-0.2, -0.15) is 0 Å². The van der Waals surface area contributed by atoms with Gasteiger partial charge in [0, 0.05) is 18.3 Å². The number of alkyl halides is 1. The first-order chi connectivity index (χ1) is 6.66. The van der Waals surface area contributed by atoms with E-state index in [2.05, 4.69) is 21.2 Å². The van der Waals surface area contributed by atoms with E-state index in [4.69, 9.17) is 0 Å². The third-order valence-corrected chi connectivity index (χ3v) is 3.25. The van der Waals surface area contributed by atoms with Gasteiger partial charge in [-0.05, 0) is 32.1 Å². The van der Waals surface area contributed by atoms with Gasteiger partial charge in [-0.15, -0.1) is 0 Å². The molecule has 14 heavy (non-hydrogen) atoms. The van der Waals surface area contributed by atoms with Gasteiger partial charge in [0.25, 0.3) is 0 Å². The number of carbonyl (C=O) groups is 1. The Bertz CT molecular complexity index is 193. The lowest BCUT2D eigenvalue weighted by atomic mass is 9.80. The van der Waals surface area contributed by atoms with Crippen LogP contribution in [0.1, 0.15) is 38.5 Å². The Morgan fingerprint density at radius 3 is 2.64 bits per heavy atom. The highest BCUT2D eigenvalue weighted by Crippen LogP contribution is 2.30. The lowest BCUT2D eigenvalue weighted by molar-refractivity contribution is -0.123. The summed E-state index contributed by atoms with van der Waals surface area (Å²) in [6.45, 7) is 0.431. The van der Waals surface area contributed by atoms with Gasteiger partial charge >= 0.3 is 0 Å². The third-order valence-electron chi connectivity index (χ3n) is 2.69. The molecule has 0 radical (unpaired) electrons. The third kappa shape index (κ3) is 3.96. The van der Waals surface area contributed by atoms with Gasteiger partial charge in [0.2, 0.25) is 5.91 Å². The zero-order valence-electron chi connectivity index (χ0n) is 8.39. The van der Waals surface area contributed by atoms with Crippen molar-refractivity contribution >= 4 is 21.8 Å². The van der Waals surface area contributed by atoms with E-state index in [1.54, 1.807) is 0 Å². The molecule has 2 N–H and O–H groups in total. The van der Waals surface area contributed by atoms with E-state index in [0.29, 0.717) is 13.0 Å². The summed E-state index contributed by atoms with van der Waals surface area (Å²) >= 11 is 3.32. The number of hydrogen-bond acceptors (Lipinski definition) is 2. The molecule has 1 saturated carbocycles. The second-order valence-electron chi connectivity index (χ2n) is 4.00. The van der Waals surface area contributed by atoms with Crippen LogP contribution in [0.5, 0.6) is 0 Å². The van der Waals surface area contributed by atoms with Crippen LogP contribution in [0.3, 0.4) is 0 Å². The monoisotopic (exact) mass is 263 g/mol. The molecule has 0 unspecified atom stereocenters. The average molecular weight is 264 g/mol. The minimum Gasteiger partial charge on any atom is -0.388 e. The molecule has 1 rings (SSSR count). The van der Waals surface area contributed by atoms with E-state index < -0.39 is 5.60 Å². The first kappa shape index (κ1) is 12.0. The van der Waals surface area contributed by atoms with Crippen LogP contribution in [0.2, 0.25) is 0 Å². The van der Waals surface area contributed by atoms with E-state index >= 15 is 0 Å². The molecule has 0 atom stereocenters. The van der Waals surface area contributed by atoms with Crippen molar-refractivity contribution < 1.29 is 9.90 Å². The summed E-state index contributed by atoms with van der Waals surface area (Å²) in [5, 5.41) is 13.4. The van der Waals surface area contributed by atoms with Gasteiger partial charge in [-0.1, -0.05) is 15.9 Å². The number of rotatable bonds is 6. The molecule has 4 heteroatoms. The molecule has 0 saturated heterocycles. The summed E-state index contributed by atoms with van der Waals surface area (Å²) < 4.78 is 0. The molecular weight excluding hydrogens is 246 g/mol. The summed E-state index contributed by atoms with van der Waals surface area (Å²) in [4.78, 5) is 11.3. The second kappa shape index (κ2) is 5.71. The predicted octanol–water partition coefficient (Wildman–Crippen LogP) is 1.58. The number of halogens is 1. The highest BCUT2D eigenvalue weighted by molar-refractivity contribution is 9.09. The standard InChI is InChI=1S/C10H18BrNO2/c11-7-2-1-4-9(13)12-8-10(14)5-3-6-10/h14H,1-8H2,(H,12,13). The predicted molar refractivity (Wildman–Crippen MR) is 59.5 cm³/mol. The van der Waals surface area contributed by atoms with Crippen molar-refractivity contribution in [3.8, 4) is 0 Å². The van der Waals surface area contributed by atoms with Gasteiger partial charge in [-0.3, -0.25) is 4.79 Å². The molecule has 0 aromatic heterocycles. The lowest BCUT2D eigenvalue weighted by Gasteiger charge is -2.36. The fourth-order valence-corrected chi connectivity index (χ4v) is 1.89. The summed E-state index contributed by atoms with van der Waals surface area (Å²) in [7, 11) is 0. The van der Waals surface area contributed by atoms with Crippen LogP contribution >= 0.6 is 15.9 Å². The SMILES string of the molecule is O=C(CCCCBr)NCC1(O)CCC1. The van der Waals surface area contributed by atoms with Crippen LogP contribution in [0.25, 0.3) is 0 Å². The van der Waals surface area contributed by atoms with E-state index in [1.165, 1.54) is 0 Å². The van der Waals surface area contributed by atoms with Crippen molar-refractivity contribution in [1.29, 1.82) is 0 Å². The molecule has 0 aromatic rings. The maximum atomic E-state index is 11.3. The van der Waals surface area contributed by atoms with E-state index in [-0.39, 0.29) is 5.91 Å². The fourth-order valence-electron chi connectivity index (χ4n) is 1.49. The first-order valence-corrected chi connectivity index (χ1v) is 6.33. The Labute approximate surface area is 93.4 Å². The normalized spacial score (nSPS) is 18.7. The Kier molecular flexibility index (Phi) is 4.89. The molecule has 1 amide bonds. The number of amides is 1. The number of unbranched alkanes of at least 4 members (excludes halogenated alkanes) is 1. The lowest BCUT2D eigenvalue weighted by Crippen LogP contribution is -2.47. The molecule has 0 spiro atoms. The first-order valence-electron chi connectivity index (χ1n) is 5.21. The maximum absolute atomic E-state index is 11.3. The number of aliphatic hydroxyl groups is 1. The zero-order valence-corrected chi connectivity index (χ0v) is 9.98. The van der Waals surface area contributed by atoms with Crippen LogP contribution in [0.15, 0.2) is 0 Å². The minimum atomic E-state index is -0.592. The van der Waals surface area contributed by atoms with Gasteiger partial charge in [0.1, 0.15) is 0 Å². The van der Waals surface area contributed by atoms with Crippen LogP contribution in [-0.4, -0.2) is 28.5 Å². The molecule has 82 valence electrons. The summed E-state index contributed by atoms with van der Waals surface area (Å²) in [6.07, 6.45) is 5.24. The van der Waals surface area contributed by atoms with Crippen molar-refractivity contribution in [2.75, 3.05) is 11.9 Å². The summed E-state index contributed by atoms with van der Waals surface area (Å²) in [5.41, 5.74) is -0.592. The van der Waals surface area contributed by atoms with Crippen LogP contribution in [-0.2, 0) is 4.79 Å². The maximum Gasteiger partial charge on any atom is 0.220 e. The summed E-state index contributed by atoms with van der Waals surface area (Å²) in [5.74, 6) is 0.0614. The number of nitrogens with one attached hydrogen (secondary N) is 1. The van der Waals surface area contributed by atoms with Crippen molar-refractivity contribution in [3.63, 3.8) is 0 Å². The van der Waals surface area contributed by atoms with Crippen LogP contribution in [0.4, 0.5) is 0 Å². The number of hydrogen-bond donors (Lipinski definition) is 2. The Morgan fingerprint density at radius 2 is 2.14 bits per heavy atom. The second-order valence-corrected chi connectivity index (χ2v) is 4.79. The van der Waals surface area contributed by atoms with Gasteiger partial charge < -0.3 is 10.4 Å². The smallest absolute Gasteiger partial charge is 0.220 e. The van der Waals surface area contributed by atoms with Crippen molar-refractivity contribution in [3.05, 3.63) is 0 Å². The zero-order chi connectivity index (χ0) is 10.4. The molecule has 1 aliphatic rings. The molecule has 0 aliphatic heterocycles. The Hall–Kier alpha value is -0.0900. The average Bonchev–Trinajstić information content (AvgIpc) is 2.12. The molecule has 0 bridgehead atoms. The van der Waals surface area contributed by atoms with Crippen molar-refractivity contribution in [2.24, 2.45) is 0 Å². The molecule has 1 fully saturated rings. The molecule has 1 aliphatic carbocycles. The van der Waals surface area contributed by atoms with Gasteiger partial charge in [0.05, 0.1) is 5.60 Å². The molecule has 0 aromatic carbocycles. The highest BCUT2D eigenvalue weighted by Gasteiger charge is 2.34. The molecular formula is C10H18BrNO2. The summed E-state index contributed by atoms with van der Waals surface area (Å²) in [6, 6.07) is 0. The van der Waals surface area contributed by atoms with Gasteiger partial charge in [0.15, 0.2) is 0 Å². The Morgan fingerprint density at radius 1 is 1.43 bits per heavy atom. The quantitative estimate of drug-likeness (QED) is 0.565. The minimum absolute atomic E-state index is 0.0614. The van der Waals surface area contributed by atoms with E-state index in [9.17, 15) is 9.90 Å². The molecule has 3 nitrogen and oxygen atoms in total. The van der Waals surface area contributed by atoms with Crippen LogP contribution < -0.4 is 5.32 Å². The Balaban J connectivity index is 2.03. The van der Waals surface area contributed by atoms with Gasteiger partial charge in [-0.25, -0.2) is 0 Å². The van der Waals surface area contributed by atoms with Crippen molar-refractivity contribution in [2.45, 2.75) is 44.1 Å². The molecule has 0 heterocycles. The van der Waals surface area contributed by atoms with E-state index in [0.717, 1.165) is 37.4 Å². The fraction of sp³-hybridized carbons (Fsp3) is 0.900.